The van der Waals surface area contributed by atoms with E-state index in [0.29, 0.717) is 17.1 Å². The molecular formula is C27H35N5O5S2. The highest BCUT2D eigenvalue weighted by molar-refractivity contribution is 7.92. The third-order valence-corrected chi connectivity index (χ3v) is 10.5. The predicted molar refractivity (Wildman–Crippen MR) is 150 cm³/mol. The van der Waals surface area contributed by atoms with Crippen molar-refractivity contribution in [2.24, 2.45) is 7.05 Å². The fraction of sp³-hybridized carbons (Fsp3) is 0.519. The zero-order valence-electron chi connectivity index (χ0n) is 22.6. The van der Waals surface area contributed by atoms with Crippen LogP contribution in [0.5, 0.6) is 0 Å². The summed E-state index contributed by atoms with van der Waals surface area (Å²) in [6.45, 7) is 6.03. The summed E-state index contributed by atoms with van der Waals surface area (Å²) in [4.78, 5) is 17.8. The van der Waals surface area contributed by atoms with Gasteiger partial charge in [-0.3, -0.25) is 4.68 Å². The van der Waals surface area contributed by atoms with Gasteiger partial charge in [-0.05, 0) is 58.6 Å². The SMILES string of the molecule is Cc1cc(Nc2ccc(-c3cnc(C4CCC(NC(=O)OC(C)C)CC4)s3)c(S(=O)(=O)C3COC3)c2)nn1C. The Morgan fingerprint density at radius 3 is 2.54 bits per heavy atom. The van der Waals surface area contributed by atoms with Crippen molar-refractivity contribution in [1.82, 2.24) is 20.1 Å². The molecule has 5 rings (SSSR count). The van der Waals surface area contributed by atoms with E-state index in [0.717, 1.165) is 41.3 Å². The molecule has 0 unspecified atom stereocenters. The molecule has 1 aromatic carbocycles. The Morgan fingerprint density at radius 1 is 1.18 bits per heavy atom. The largest absolute Gasteiger partial charge is 0.447 e. The number of aryl methyl sites for hydroxylation is 2. The average molecular weight is 574 g/mol. The maximum atomic E-state index is 13.6. The molecule has 0 radical (unpaired) electrons. The minimum absolute atomic E-state index is 0.0938. The molecule has 1 aliphatic carbocycles. The normalized spacial score (nSPS) is 20.0. The van der Waals surface area contributed by atoms with Gasteiger partial charge in [0, 0.05) is 48.2 Å². The van der Waals surface area contributed by atoms with E-state index in [-0.39, 0.29) is 42.3 Å². The Balaban J connectivity index is 1.35. The van der Waals surface area contributed by atoms with Crippen LogP contribution in [0, 0.1) is 6.92 Å². The maximum absolute atomic E-state index is 13.6. The van der Waals surface area contributed by atoms with Crippen LogP contribution in [0.1, 0.15) is 56.2 Å². The molecule has 39 heavy (non-hydrogen) atoms. The van der Waals surface area contributed by atoms with Gasteiger partial charge in [0.2, 0.25) is 0 Å². The molecule has 0 atom stereocenters. The lowest BCUT2D eigenvalue weighted by molar-refractivity contribution is 0.0416. The van der Waals surface area contributed by atoms with Crippen molar-refractivity contribution in [2.75, 3.05) is 18.5 Å². The summed E-state index contributed by atoms with van der Waals surface area (Å²) in [6.07, 6.45) is 4.76. The molecule has 10 nitrogen and oxygen atoms in total. The Hall–Kier alpha value is -2.96. The molecule has 2 N–H and O–H groups in total. The van der Waals surface area contributed by atoms with E-state index in [4.69, 9.17) is 14.5 Å². The fourth-order valence-electron chi connectivity index (χ4n) is 4.88. The van der Waals surface area contributed by atoms with E-state index in [1.165, 1.54) is 0 Å². The topological polar surface area (TPSA) is 124 Å². The van der Waals surface area contributed by atoms with Gasteiger partial charge in [0.25, 0.3) is 0 Å². The van der Waals surface area contributed by atoms with Crippen molar-refractivity contribution in [3.8, 4) is 10.4 Å². The number of benzene rings is 1. The lowest BCUT2D eigenvalue weighted by atomic mass is 9.86. The van der Waals surface area contributed by atoms with Crippen LogP contribution < -0.4 is 10.6 Å². The zero-order chi connectivity index (χ0) is 27.7. The number of hydrogen-bond acceptors (Lipinski definition) is 9. The summed E-state index contributed by atoms with van der Waals surface area (Å²) in [5.41, 5.74) is 2.30. The van der Waals surface area contributed by atoms with E-state index in [9.17, 15) is 13.2 Å². The second kappa shape index (κ2) is 11.3. The smallest absolute Gasteiger partial charge is 0.407 e. The number of sulfone groups is 1. The highest BCUT2D eigenvalue weighted by Crippen LogP contribution is 2.41. The van der Waals surface area contributed by atoms with Gasteiger partial charge in [-0.15, -0.1) is 11.3 Å². The van der Waals surface area contributed by atoms with Crippen LogP contribution >= 0.6 is 11.3 Å². The van der Waals surface area contributed by atoms with Crippen molar-refractivity contribution in [3.05, 3.63) is 41.2 Å². The van der Waals surface area contributed by atoms with Gasteiger partial charge in [0.1, 0.15) is 5.25 Å². The first kappa shape index (κ1) is 27.6. The quantitative estimate of drug-likeness (QED) is 0.389. The molecule has 3 heterocycles. The van der Waals surface area contributed by atoms with Crippen molar-refractivity contribution < 1.29 is 22.7 Å². The summed E-state index contributed by atoms with van der Waals surface area (Å²) >= 11 is 1.54. The number of nitrogens with zero attached hydrogens (tertiary/aromatic N) is 3. The molecule has 3 aromatic rings. The van der Waals surface area contributed by atoms with Gasteiger partial charge < -0.3 is 20.1 Å². The lowest BCUT2D eigenvalue weighted by Crippen LogP contribution is -2.40. The molecule has 12 heteroatoms. The molecule has 2 fully saturated rings. The number of ether oxygens (including phenoxy) is 2. The van der Waals surface area contributed by atoms with Crippen molar-refractivity contribution in [3.63, 3.8) is 0 Å². The summed E-state index contributed by atoms with van der Waals surface area (Å²) in [5.74, 6) is 0.928. The van der Waals surface area contributed by atoms with Gasteiger partial charge in [0.05, 0.1) is 34.1 Å². The van der Waals surface area contributed by atoms with Gasteiger partial charge in [0.15, 0.2) is 15.7 Å². The van der Waals surface area contributed by atoms with Crippen LogP contribution in [0.25, 0.3) is 10.4 Å². The molecule has 2 aromatic heterocycles. The number of amides is 1. The van der Waals surface area contributed by atoms with Crippen molar-refractivity contribution in [2.45, 2.75) is 74.7 Å². The number of alkyl carbamates (subject to hydrolysis) is 1. The standard InChI is InChI=1S/C27H35N5O5S2/c1-16(2)37-27(33)30-19-7-5-18(6-8-19)26-28-13-23(38-26)22-10-9-20(29-25-11-17(3)32(4)31-25)12-24(22)39(34,35)21-14-36-15-21/h9-13,16,18-19,21H,5-8,14-15H2,1-4H3,(H,29,31)(H,30,33). The first-order valence-corrected chi connectivity index (χ1v) is 15.6. The molecule has 1 saturated carbocycles. The highest BCUT2D eigenvalue weighted by Gasteiger charge is 2.36. The molecule has 2 aliphatic rings. The van der Waals surface area contributed by atoms with Crippen molar-refractivity contribution >= 4 is 38.8 Å². The lowest BCUT2D eigenvalue weighted by Gasteiger charge is -2.28. The van der Waals surface area contributed by atoms with Gasteiger partial charge in [-0.1, -0.05) is 6.07 Å². The Morgan fingerprint density at radius 2 is 1.92 bits per heavy atom. The average Bonchev–Trinajstić information content (AvgIpc) is 3.44. The summed E-state index contributed by atoms with van der Waals surface area (Å²) in [7, 11) is -1.74. The number of carbonyl (C=O) groups excluding carboxylic acids is 1. The van der Waals surface area contributed by atoms with Crippen LogP contribution in [0.4, 0.5) is 16.3 Å². The third-order valence-electron chi connectivity index (χ3n) is 7.25. The van der Waals surface area contributed by atoms with Gasteiger partial charge >= 0.3 is 6.09 Å². The molecule has 1 amide bonds. The zero-order valence-corrected chi connectivity index (χ0v) is 24.3. The molecule has 1 saturated heterocycles. The number of aromatic nitrogens is 3. The molecule has 0 bridgehead atoms. The summed E-state index contributed by atoms with van der Waals surface area (Å²) in [6, 6.07) is 7.43. The third kappa shape index (κ3) is 6.12. The van der Waals surface area contributed by atoms with E-state index in [1.807, 2.05) is 46.0 Å². The second-order valence-corrected chi connectivity index (χ2v) is 13.8. The minimum atomic E-state index is -3.61. The van der Waals surface area contributed by atoms with Crippen LogP contribution in [-0.4, -0.2) is 59.9 Å². The van der Waals surface area contributed by atoms with Gasteiger partial charge in [-0.25, -0.2) is 18.2 Å². The summed E-state index contributed by atoms with van der Waals surface area (Å²) < 4.78 is 39.3. The number of thiazole rings is 1. The maximum Gasteiger partial charge on any atom is 0.407 e. The first-order chi connectivity index (χ1) is 18.6. The van der Waals surface area contributed by atoms with Crippen LogP contribution in [0.2, 0.25) is 0 Å². The van der Waals surface area contributed by atoms with Gasteiger partial charge in [-0.2, -0.15) is 5.10 Å². The van der Waals surface area contributed by atoms with E-state index in [2.05, 4.69) is 15.7 Å². The predicted octanol–water partition coefficient (Wildman–Crippen LogP) is 4.93. The first-order valence-electron chi connectivity index (χ1n) is 13.3. The number of rotatable bonds is 8. The molecular weight excluding hydrogens is 538 g/mol. The van der Waals surface area contributed by atoms with Crippen LogP contribution in [-0.2, 0) is 26.4 Å². The van der Waals surface area contributed by atoms with Crippen LogP contribution in [0.15, 0.2) is 35.4 Å². The van der Waals surface area contributed by atoms with E-state index >= 15 is 0 Å². The van der Waals surface area contributed by atoms with Crippen LogP contribution in [0.3, 0.4) is 0 Å². The minimum Gasteiger partial charge on any atom is -0.447 e. The Kier molecular flexibility index (Phi) is 7.97. The summed E-state index contributed by atoms with van der Waals surface area (Å²) in [5, 5.41) is 11.1. The van der Waals surface area contributed by atoms with E-state index in [1.54, 1.807) is 28.3 Å². The fourth-order valence-corrected chi connectivity index (χ4v) is 7.76. The number of nitrogens with one attached hydrogen (secondary N) is 2. The van der Waals surface area contributed by atoms with Crippen molar-refractivity contribution in [1.29, 1.82) is 0 Å². The number of anilines is 2. The molecule has 0 spiro atoms. The highest BCUT2D eigenvalue weighted by atomic mass is 32.2. The Labute approximate surface area is 233 Å². The molecule has 210 valence electrons. The number of hydrogen-bond donors (Lipinski definition) is 2. The van der Waals surface area contributed by atoms with E-state index < -0.39 is 15.1 Å². The second-order valence-electron chi connectivity index (χ2n) is 10.5. The number of carbonyl (C=O) groups is 1. The molecule has 1 aliphatic heterocycles. The Bertz CT molecular complexity index is 1420. The monoisotopic (exact) mass is 573 g/mol.